The summed E-state index contributed by atoms with van der Waals surface area (Å²) in [7, 11) is 0. The van der Waals surface area contributed by atoms with Crippen molar-refractivity contribution in [3.05, 3.63) is 56.3 Å². The molecule has 3 heterocycles. The first-order chi connectivity index (χ1) is 11.1. The van der Waals surface area contributed by atoms with E-state index in [4.69, 9.17) is 0 Å². The van der Waals surface area contributed by atoms with Crippen LogP contribution < -0.4 is 5.56 Å². The first-order valence-corrected chi connectivity index (χ1v) is 9.62. The summed E-state index contributed by atoms with van der Waals surface area (Å²) in [5, 5.41) is 4.92. The van der Waals surface area contributed by atoms with Gasteiger partial charge in [-0.1, -0.05) is 30.0 Å². The lowest BCUT2D eigenvalue weighted by atomic mass is 10.3. The molecule has 3 aromatic rings. The number of ketones is 1. The molecular weight excluding hydrogens is 348 g/mol. The number of hydrogen-bond donors (Lipinski definition) is 0. The Morgan fingerprint density at radius 1 is 1.35 bits per heavy atom. The lowest BCUT2D eigenvalue weighted by molar-refractivity contribution is 0.102. The highest BCUT2D eigenvalue weighted by atomic mass is 32.2. The van der Waals surface area contributed by atoms with Crippen molar-refractivity contribution in [1.82, 2.24) is 9.55 Å². The summed E-state index contributed by atoms with van der Waals surface area (Å²) in [6, 6.07) is 5.45. The fraction of sp³-hybridized carbons (Fsp3) is 0.188. The molecule has 0 aliphatic heterocycles. The molecule has 0 radical (unpaired) electrons. The van der Waals surface area contributed by atoms with E-state index in [1.165, 1.54) is 34.4 Å². The second kappa shape index (κ2) is 6.82. The summed E-state index contributed by atoms with van der Waals surface area (Å²) in [6.07, 6.45) is 0. The second-order valence-electron chi connectivity index (χ2n) is 5.07. The minimum absolute atomic E-state index is 0.0485. The van der Waals surface area contributed by atoms with Crippen LogP contribution in [0.1, 0.15) is 16.6 Å². The maximum absolute atomic E-state index is 12.6. The molecule has 0 spiro atoms. The number of aromatic nitrogens is 2. The van der Waals surface area contributed by atoms with Gasteiger partial charge in [0, 0.05) is 6.54 Å². The molecule has 118 valence electrons. The van der Waals surface area contributed by atoms with Crippen molar-refractivity contribution in [3.8, 4) is 0 Å². The largest absolute Gasteiger partial charge is 0.292 e. The van der Waals surface area contributed by atoms with Crippen LogP contribution in [0.25, 0.3) is 10.2 Å². The zero-order chi connectivity index (χ0) is 16.4. The topological polar surface area (TPSA) is 52.0 Å². The molecule has 4 nitrogen and oxygen atoms in total. The standard InChI is InChI=1S/C16H14N2O2S3/c1-10(2)8-18-15(20)11-5-7-22-14(11)17-16(18)23-9-12(19)13-4-3-6-21-13/h3-7H,1,8-9H2,2H3. The van der Waals surface area contributed by atoms with E-state index < -0.39 is 0 Å². The average Bonchev–Trinajstić information content (AvgIpc) is 3.18. The number of thiophene rings is 2. The van der Waals surface area contributed by atoms with Gasteiger partial charge in [0.1, 0.15) is 4.83 Å². The van der Waals surface area contributed by atoms with E-state index >= 15 is 0 Å². The van der Waals surface area contributed by atoms with Crippen LogP contribution in [0.4, 0.5) is 0 Å². The number of carbonyl (C=O) groups excluding carboxylic acids is 1. The SMILES string of the molecule is C=C(C)Cn1c(SCC(=O)c2cccs2)nc2sccc2c1=O. The Morgan fingerprint density at radius 2 is 2.17 bits per heavy atom. The maximum atomic E-state index is 12.6. The van der Waals surface area contributed by atoms with Crippen LogP contribution in [0, 0.1) is 0 Å². The summed E-state index contributed by atoms with van der Waals surface area (Å²) in [6.45, 7) is 6.16. The summed E-state index contributed by atoms with van der Waals surface area (Å²) in [5.41, 5.74) is 0.792. The number of carbonyl (C=O) groups is 1. The molecule has 0 N–H and O–H groups in total. The second-order valence-corrected chi connectivity index (χ2v) is 7.86. The number of allylic oxidation sites excluding steroid dienone is 1. The van der Waals surface area contributed by atoms with Crippen molar-refractivity contribution in [2.24, 2.45) is 0 Å². The van der Waals surface area contributed by atoms with Gasteiger partial charge in [0.25, 0.3) is 5.56 Å². The molecular formula is C16H14N2O2S3. The average molecular weight is 363 g/mol. The third kappa shape index (κ3) is 3.46. The van der Waals surface area contributed by atoms with Gasteiger partial charge in [0.15, 0.2) is 10.9 Å². The maximum Gasteiger partial charge on any atom is 0.263 e. The Hall–Kier alpha value is -1.70. The van der Waals surface area contributed by atoms with E-state index in [1.807, 2.05) is 29.8 Å². The minimum Gasteiger partial charge on any atom is -0.292 e. The zero-order valence-electron chi connectivity index (χ0n) is 12.4. The van der Waals surface area contributed by atoms with Gasteiger partial charge < -0.3 is 0 Å². The quantitative estimate of drug-likeness (QED) is 0.287. The van der Waals surface area contributed by atoms with E-state index in [-0.39, 0.29) is 17.1 Å². The predicted octanol–water partition coefficient (Wildman–Crippen LogP) is 4.07. The van der Waals surface area contributed by atoms with Gasteiger partial charge in [-0.25, -0.2) is 4.98 Å². The molecule has 0 aliphatic rings. The van der Waals surface area contributed by atoms with Gasteiger partial charge in [-0.15, -0.1) is 22.7 Å². The lowest BCUT2D eigenvalue weighted by Crippen LogP contribution is -2.23. The molecule has 0 unspecified atom stereocenters. The summed E-state index contributed by atoms with van der Waals surface area (Å²) in [4.78, 5) is 30.8. The summed E-state index contributed by atoms with van der Waals surface area (Å²) < 4.78 is 1.60. The van der Waals surface area contributed by atoms with Crippen LogP contribution in [0.2, 0.25) is 0 Å². The fourth-order valence-corrected chi connectivity index (χ4v) is 4.53. The number of Topliss-reactive ketones (excluding diaryl/α,β-unsaturated/α-hetero) is 1. The summed E-state index contributed by atoms with van der Waals surface area (Å²) in [5.74, 6) is 0.312. The molecule has 23 heavy (non-hydrogen) atoms. The van der Waals surface area contributed by atoms with Crippen LogP contribution in [-0.4, -0.2) is 21.1 Å². The molecule has 0 bridgehead atoms. The number of nitrogens with zero attached hydrogens (tertiary/aromatic N) is 2. The zero-order valence-corrected chi connectivity index (χ0v) is 14.9. The van der Waals surface area contributed by atoms with Gasteiger partial charge in [0.2, 0.25) is 0 Å². The number of hydrogen-bond acceptors (Lipinski definition) is 6. The minimum atomic E-state index is -0.0784. The van der Waals surface area contributed by atoms with Crippen molar-refractivity contribution in [2.75, 3.05) is 5.75 Å². The van der Waals surface area contributed by atoms with Gasteiger partial charge in [0.05, 0.1) is 16.0 Å². The van der Waals surface area contributed by atoms with Gasteiger partial charge >= 0.3 is 0 Å². The Bertz CT molecular complexity index is 923. The van der Waals surface area contributed by atoms with E-state index in [2.05, 4.69) is 11.6 Å². The molecule has 3 aromatic heterocycles. The van der Waals surface area contributed by atoms with Crippen molar-refractivity contribution in [2.45, 2.75) is 18.6 Å². The van der Waals surface area contributed by atoms with Crippen LogP contribution in [0.5, 0.6) is 0 Å². The first-order valence-electron chi connectivity index (χ1n) is 6.88. The molecule has 0 amide bonds. The van der Waals surface area contributed by atoms with E-state index in [9.17, 15) is 9.59 Å². The molecule has 0 fully saturated rings. The van der Waals surface area contributed by atoms with Crippen LogP contribution >= 0.6 is 34.4 Å². The molecule has 0 aliphatic carbocycles. The molecule has 7 heteroatoms. The first kappa shape index (κ1) is 16.2. The smallest absolute Gasteiger partial charge is 0.263 e. The monoisotopic (exact) mass is 362 g/mol. The highest BCUT2D eigenvalue weighted by Crippen LogP contribution is 2.23. The van der Waals surface area contributed by atoms with Crippen LogP contribution in [-0.2, 0) is 6.54 Å². The van der Waals surface area contributed by atoms with E-state index in [0.717, 1.165) is 10.5 Å². The van der Waals surface area contributed by atoms with Crippen molar-refractivity contribution in [1.29, 1.82) is 0 Å². The van der Waals surface area contributed by atoms with Crippen LogP contribution in [0.15, 0.2) is 51.1 Å². The molecule has 0 saturated carbocycles. The van der Waals surface area contributed by atoms with Crippen molar-refractivity contribution < 1.29 is 4.79 Å². The van der Waals surface area contributed by atoms with Gasteiger partial charge in [-0.2, -0.15) is 0 Å². The Labute approximate surface area is 145 Å². The number of fused-ring (bicyclic) bond motifs is 1. The molecule has 0 aromatic carbocycles. The Balaban J connectivity index is 1.93. The molecule has 3 rings (SSSR count). The van der Waals surface area contributed by atoms with E-state index in [0.29, 0.717) is 21.9 Å². The fourth-order valence-electron chi connectivity index (χ4n) is 2.09. The third-order valence-corrected chi connectivity index (χ3v) is 5.80. The summed E-state index contributed by atoms with van der Waals surface area (Å²) >= 11 is 4.16. The number of rotatable bonds is 6. The molecule has 0 atom stereocenters. The van der Waals surface area contributed by atoms with E-state index in [1.54, 1.807) is 10.6 Å². The van der Waals surface area contributed by atoms with Gasteiger partial charge in [-0.3, -0.25) is 14.2 Å². The Morgan fingerprint density at radius 3 is 2.87 bits per heavy atom. The molecule has 0 saturated heterocycles. The van der Waals surface area contributed by atoms with Crippen molar-refractivity contribution in [3.63, 3.8) is 0 Å². The normalized spacial score (nSPS) is 11.0. The lowest BCUT2D eigenvalue weighted by Gasteiger charge is -2.11. The van der Waals surface area contributed by atoms with Crippen molar-refractivity contribution >= 4 is 50.4 Å². The van der Waals surface area contributed by atoms with Gasteiger partial charge in [-0.05, 0) is 29.8 Å². The van der Waals surface area contributed by atoms with Crippen LogP contribution in [0.3, 0.4) is 0 Å². The highest BCUT2D eigenvalue weighted by molar-refractivity contribution is 7.99. The third-order valence-electron chi connectivity index (χ3n) is 3.10. The number of thioether (sulfide) groups is 1. The highest BCUT2D eigenvalue weighted by Gasteiger charge is 2.15. The predicted molar refractivity (Wildman–Crippen MR) is 98.1 cm³/mol. The Kier molecular flexibility index (Phi) is 4.79.